The van der Waals surface area contributed by atoms with Crippen LogP contribution in [0.3, 0.4) is 0 Å². The van der Waals surface area contributed by atoms with E-state index in [0.717, 1.165) is 32.0 Å². The van der Waals surface area contributed by atoms with Crippen molar-refractivity contribution in [2.45, 2.75) is 58.4 Å². The molecule has 2 saturated carbocycles. The van der Waals surface area contributed by atoms with Gasteiger partial charge in [-0.1, -0.05) is 13.8 Å². The number of carbonyl (C=O) groups is 3. The molecule has 0 bridgehead atoms. The van der Waals surface area contributed by atoms with E-state index in [1.54, 1.807) is 0 Å². The van der Waals surface area contributed by atoms with E-state index in [4.69, 9.17) is 0 Å². The second-order valence-corrected chi connectivity index (χ2v) is 7.76. The predicted molar refractivity (Wildman–Crippen MR) is 90.6 cm³/mol. The van der Waals surface area contributed by atoms with E-state index in [1.165, 1.54) is 7.05 Å². The number of carbonyl (C=O) groups excluding carboxylic acids is 3. The number of hydrogen-bond donors (Lipinski definition) is 1. The highest BCUT2D eigenvalue weighted by atomic mass is 16.5. The predicted octanol–water partition coefficient (Wildman–Crippen LogP) is 2.11. The van der Waals surface area contributed by atoms with Crippen molar-refractivity contribution in [1.29, 1.82) is 0 Å². The molecule has 0 saturated heterocycles. The van der Waals surface area contributed by atoms with E-state index in [9.17, 15) is 19.6 Å². The Morgan fingerprint density at radius 3 is 2.25 bits per heavy atom. The number of amides is 2. The minimum atomic E-state index is -0.507. The smallest absolute Gasteiger partial charge is 0.224 e. The van der Waals surface area contributed by atoms with Crippen molar-refractivity contribution < 1.29 is 14.4 Å². The Morgan fingerprint density at radius 2 is 1.71 bits per heavy atom. The first-order chi connectivity index (χ1) is 11.3. The van der Waals surface area contributed by atoms with E-state index in [-0.39, 0.29) is 30.2 Å². The molecule has 0 aromatic rings. The van der Waals surface area contributed by atoms with E-state index in [2.05, 4.69) is 12.2 Å². The fourth-order valence-corrected chi connectivity index (χ4v) is 4.18. The summed E-state index contributed by atoms with van der Waals surface area (Å²) in [6.07, 6.45) is 5.74. The fraction of sp³-hybridized carbons (Fsp3) is 0.833. The topological polar surface area (TPSA) is 89.5 Å². The lowest BCUT2D eigenvalue weighted by Gasteiger charge is -2.40. The zero-order chi connectivity index (χ0) is 17.9. The van der Waals surface area contributed by atoms with Crippen molar-refractivity contribution in [1.82, 2.24) is 10.4 Å². The third-order valence-electron chi connectivity index (χ3n) is 5.86. The average Bonchev–Trinajstić information content (AvgIpc) is 2.55. The Kier molecular flexibility index (Phi) is 6.38. The molecule has 0 aromatic carbocycles. The Balaban J connectivity index is 2.03. The first-order valence-corrected chi connectivity index (χ1v) is 9.03. The lowest BCUT2D eigenvalue weighted by atomic mass is 9.68. The van der Waals surface area contributed by atoms with Gasteiger partial charge in [-0.3, -0.25) is 9.59 Å². The van der Waals surface area contributed by atoms with Gasteiger partial charge in [0.1, 0.15) is 6.29 Å². The normalized spacial score (nSPS) is 36.7. The molecule has 6 nitrogen and oxygen atoms in total. The van der Waals surface area contributed by atoms with E-state index in [0.29, 0.717) is 17.4 Å². The molecule has 1 N–H and O–H groups in total. The second kappa shape index (κ2) is 8.10. The summed E-state index contributed by atoms with van der Waals surface area (Å²) in [6, 6.07) is 0.164. The summed E-state index contributed by atoms with van der Waals surface area (Å²) in [4.78, 5) is 36.2. The van der Waals surface area contributed by atoms with Crippen LogP contribution >= 0.6 is 0 Å². The van der Waals surface area contributed by atoms with Crippen molar-refractivity contribution in [3.63, 3.8) is 0 Å². The van der Waals surface area contributed by atoms with Gasteiger partial charge in [-0.25, -0.2) is 0 Å². The number of nitrogens with one attached hydrogen (secondary N) is 1. The second-order valence-electron chi connectivity index (χ2n) is 7.76. The first-order valence-electron chi connectivity index (χ1n) is 9.03. The number of nitrogens with zero attached hydrogens (tertiary/aromatic N) is 1. The van der Waals surface area contributed by atoms with Crippen molar-refractivity contribution in [3.8, 4) is 0 Å². The first kappa shape index (κ1) is 18.9. The molecule has 0 aromatic heterocycles. The van der Waals surface area contributed by atoms with Crippen molar-refractivity contribution in [2.75, 3.05) is 7.05 Å². The van der Waals surface area contributed by atoms with Gasteiger partial charge in [0, 0.05) is 23.8 Å². The molecule has 136 valence electrons. The molecule has 4 atom stereocenters. The van der Waals surface area contributed by atoms with Gasteiger partial charge in [-0.2, -0.15) is 0 Å². The standard InChI is InChI=1S/C18H29N2O4/c1-11-4-6-14(7-5-11)19-17(22)16-9-15(18(23)20(3)24)12(2)8-13(16)10-21/h10-16H,4-9H2,1-3H3,(H,19,22)/q-1. The van der Waals surface area contributed by atoms with Crippen LogP contribution in [0.1, 0.15) is 52.4 Å². The van der Waals surface area contributed by atoms with Crippen molar-refractivity contribution in [2.24, 2.45) is 29.6 Å². The number of hydrogen-bond acceptors (Lipinski definition) is 4. The molecule has 2 aliphatic rings. The van der Waals surface area contributed by atoms with Gasteiger partial charge in [-0.15, -0.1) is 0 Å². The molecule has 6 heteroatoms. The molecule has 2 amide bonds. The summed E-state index contributed by atoms with van der Waals surface area (Å²) < 4.78 is 0. The van der Waals surface area contributed by atoms with E-state index >= 15 is 0 Å². The number of rotatable bonds is 4. The highest BCUT2D eigenvalue weighted by Crippen LogP contribution is 2.38. The zero-order valence-electron chi connectivity index (χ0n) is 14.9. The molecule has 2 aliphatic carbocycles. The molecular weight excluding hydrogens is 308 g/mol. The van der Waals surface area contributed by atoms with Crippen molar-refractivity contribution >= 4 is 18.1 Å². The van der Waals surface area contributed by atoms with E-state index < -0.39 is 17.7 Å². The minimum absolute atomic E-state index is 0.0660. The van der Waals surface area contributed by atoms with Crippen LogP contribution in [-0.2, 0) is 14.4 Å². The summed E-state index contributed by atoms with van der Waals surface area (Å²) in [5, 5.41) is 14.8. The lowest BCUT2D eigenvalue weighted by molar-refractivity contribution is -0.141. The maximum absolute atomic E-state index is 12.7. The van der Waals surface area contributed by atoms with Gasteiger partial charge < -0.3 is 20.4 Å². The van der Waals surface area contributed by atoms with Crippen molar-refractivity contribution in [3.05, 3.63) is 5.21 Å². The minimum Gasteiger partial charge on any atom is -0.756 e. The molecular formula is C18H29N2O4-. The summed E-state index contributed by atoms with van der Waals surface area (Å²) in [6.45, 7) is 4.10. The van der Waals surface area contributed by atoms with E-state index in [1.807, 2.05) is 6.92 Å². The van der Waals surface area contributed by atoms with Crippen LogP contribution in [0.25, 0.3) is 0 Å². The maximum Gasteiger partial charge on any atom is 0.224 e. The third-order valence-corrected chi connectivity index (χ3v) is 5.86. The monoisotopic (exact) mass is 337 g/mol. The molecule has 0 radical (unpaired) electrons. The van der Waals surface area contributed by atoms with Gasteiger partial charge in [0.25, 0.3) is 0 Å². The Bertz CT molecular complexity index is 472. The molecule has 4 unspecified atom stereocenters. The Hall–Kier alpha value is -1.43. The van der Waals surface area contributed by atoms with Crippen LogP contribution in [0, 0.1) is 34.8 Å². The fourth-order valence-electron chi connectivity index (χ4n) is 4.18. The largest absolute Gasteiger partial charge is 0.756 e. The molecule has 2 fully saturated rings. The quantitative estimate of drug-likeness (QED) is 0.628. The highest BCUT2D eigenvalue weighted by molar-refractivity contribution is 5.85. The Labute approximate surface area is 143 Å². The summed E-state index contributed by atoms with van der Waals surface area (Å²) in [5.41, 5.74) is 0. The summed E-state index contributed by atoms with van der Waals surface area (Å²) in [7, 11) is 1.19. The SMILES string of the molecule is CC1CCC(NC(=O)C2CC(C(=O)N(C)[O-])C(C)CC2C=O)CC1. The van der Waals surface area contributed by atoms with Crippen LogP contribution in [0.2, 0.25) is 0 Å². The highest BCUT2D eigenvalue weighted by Gasteiger charge is 2.42. The number of aldehydes is 1. The third kappa shape index (κ3) is 4.35. The van der Waals surface area contributed by atoms with Crippen LogP contribution in [0.15, 0.2) is 0 Å². The molecule has 0 aliphatic heterocycles. The van der Waals surface area contributed by atoms with Gasteiger partial charge in [0.2, 0.25) is 11.8 Å². The van der Waals surface area contributed by atoms with Gasteiger partial charge >= 0.3 is 0 Å². The van der Waals surface area contributed by atoms with Crippen LogP contribution in [0.4, 0.5) is 0 Å². The number of hydroxylamine groups is 2. The van der Waals surface area contributed by atoms with Gasteiger partial charge in [-0.05, 0) is 57.4 Å². The lowest BCUT2D eigenvalue weighted by Crippen LogP contribution is -2.48. The summed E-state index contributed by atoms with van der Waals surface area (Å²) >= 11 is 0. The average molecular weight is 337 g/mol. The van der Waals surface area contributed by atoms with Crippen LogP contribution < -0.4 is 5.32 Å². The molecule has 0 spiro atoms. The van der Waals surface area contributed by atoms with Crippen LogP contribution in [0.5, 0.6) is 0 Å². The van der Waals surface area contributed by atoms with Gasteiger partial charge in [0.05, 0.1) is 0 Å². The van der Waals surface area contributed by atoms with Gasteiger partial charge in [0.15, 0.2) is 0 Å². The molecule has 2 rings (SSSR count). The Morgan fingerprint density at radius 1 is 1.08 bits per heavy atom. The molecule has 24 heavy (non-hydrogen) atoms. The maximum atomic E-state index is 12.7. The zero-order valence-corrected chi connectivity index (χ0v) is 14.9. The van der Waals surface area contributed by atoms with Crippen LogP contribution in [-0.4, -0.2) is 36.3 Å². The summed E-state index contributed by atoms with van der Waals surface area (Å²) in [5.74, 6) is -1.35. The molecule has 0 heterocycles.